The van der Waals surface area contributed by atoms with Crippen molar-refractivity contribution in [3.63, 3.8) is 0 Å². The molecule has 18 heavy (non-hydrogen) atoms. The van der Waals surface area contributed by atoms with E-state index in [-0.39, 0.29) is 12.3 Å². The number of nitrogens with one attached hydrogen (secondary N) is 1. The van der Waals surface area contributed by atoms with E-state index in [0.29, 0.717) is 25.2 Å². The van der Waals surface area contributed by atoms with Crippen molar-refractivity contribution >= 4 is 10.0 Å². The topological polar surface area (TPSA) is 69.6 Å². The van der Waals surface area contributed by atoms with E-state index in [2.05, 4.69) is 5.32 Å². The molecule has 0 spiro atoms. The maximum absolute atomic E-state index is 12.3. The number of aromatic hydroxyl groups is 1. The molecule has 1 atom stereocenters. The van der Waals surface area contributed by atoms with Gasteiger partial charge in [-0.05, 0) is 13.0 Å². The second-order valence-corrected chi connectivity index (χ2v) is 6.87. The molecule has 2 rings (SSSR count). The zero-order valence-electron chi connectivity index (χ0n) is 10.3. The SMILES string of the molecule is CC1CNCCN(Cc2ccccc2O)S1(=O)=O. The van der Waals surface area contributed by atoms with E-state index in [1.54, 1.807) is 31.2 Å². The average Bonchev–Trinajstić information content (AvgIpc) is 2.45. The molecule has 1 fully saturated rings. The highest BCUT2D eigenvalue weighted by atomic mass is 32.2. The molecule has 0 aromatic heterocycles. The third-order valence-corrected chi connectivity index (χ3v) is 5.39. The van der Waals surface area contributed by atoms with Gasteiger partial charge in [0.1, 0.15) is 5.75 Å². The molecule has 1 aromatic rings. The van der Waals surface area contributed by atoms with Gasteiger partial charge in [0.05, 0.1) is 5.25 Å². The van der Waals surface area contributed by atoms with E-state index in [4.69, 9.17) is 0 Å². The number of benzene rings is 1. The van der Waals surface area contributed by atoms with E-state index in [1.807, 2.05) is 0 Å². The molecule has 0 amide bonds. The molecule has 2 N–H and O–H groups in total. The van der Waals surface area contributed by atoms with Gasteiger partial charge in [-0.3, -0.25) is 0 Å². The Balaban J connectivity index is 2.24. The van der Waals surface area contributed by atoms with Crippen LogP contribution in [0.5, 0.6) is 5.75 Å². The van der Waals surface area contributed by atoms with E-state index < -0.39 is 15.3 Å². The number of nitrogens with zero attached hydrogens (tertiary/aromatic N) is 1. The summed E-state index contributed by atoms with van der Waals surface area (Å²) in [6.45, 7) is 3.46. The van der Waals surface area contributed by atoms with E-state index >= 15 is 0 Å². The zero-order chi connectivity index (χ0) is 13.2. The molecule has 6 heteroatoms. The summed E-state index contributed by atoms with van der Waals surface area (Å²) < 4.78 is 25.9. The predicted molar refractivity (Wildman–Crippen MR) is 69.8 cm³/mol. The number of hydrogen-bond acceptors (Lipinski definition) is 4. The highest BCUT2D eigenvalue weighted by Crippen LogP contribution is 2.21. The Bertz CT molecular complexity index is 516. The number of phenolic OH excluding ortho intramolecular Hbond substituents is 1. The van der Waals surface area contributed by atoms with Gasteiger partial charge in [0.2, 0.25) is 10.0 Å². The van der Waals surface area contributed by atoms with E-state index in [1.165, 1.54) is 4.31 Å². The second kappa shape index (κ2) is 5.26. The van der Waals surface area contributed by atoms with Gasteiger partial charge in [-0.2, -0.15) is 4.31 Å². The van der Waals surface area contributed by atoms with Crippen LogP contribution in [0, 0.1) is 0 Å². The van der Waals surface area contributed by atoms with Crippen LogP contribution < -0.4 is 5.32 Å². The Morgan fingerprint density at radius 1 is 1.44 bits per heavy atom. The van der Waals surface area contributed by atoms with Gasteiger partial charge < -0.3 is 10.4 Å². The molecule has 0 radical (unpaired) electrons. The van der Waals surface area contributed by atoms with Crippen molar-refractivity contribution in [2.24, 2.45) is 0 Å². The van der Waals surface area contributed by atoms with Crippen molar-refractivity contribution in [1.82, 2.24) is 9.62 Å². The van der Waals surface area contributed by atoms with Gasteiger partial charge >= 0.3 is 0 Å². The van der Waals surface area contributed by atoms with Gasteiger partial charge in [0.25, 0.3) is 0 Å². The Labute approximate surface area is 107 Å². The van der Waals surface area contributed by atoms with Crippen LogP contribution in [0.4, 0.5) is 0 Å². The summed E-state index contributed by atoms with van der Waals surface area (Å²) in [5, 5.41) is 12.4. The van der Waals surface area contributed by atoms with Crippen molar-refractivity contribution < 1.29 is 13.5 Å². The lowest BCUT2D eigenvalue weighted by Crippen LogP contribution is -2.37. The van der Waals surface area contributed by atoms with Gasteiger partial charge in [-0.1, -0.05) is 18.2 Å². The Morgan fingerprint density at radius 3 is 2.89 bits per heavy atom. The standard InChI is InChI=1S/C12H18N2O3S/c1-10-8-13-6-7-14(18(10,16)17)9-11-4-2-3-5-12(11)15/h2-5,10,13,15H,6-9H2,1H3. The minimum atomic E-state index is -3.29. The van der Waals surface area contributed by atoms with Gasteiger partial charge in [0, 0.05) is 31.7 Å². The van der Waals surface area contributed by atoms with Crippen molar-refractivity contribution in [3.8, 4) is 5.75 Å². The number of hydrogen-bond donors (Lipinski definition) is 2. The molecule has 100 valence electrons. The lowest BCUT2D eigenvalue weighted by atomic mass is 10.2. The molecule has 1 unspecified atom stereocenters. The van der Waals surface area contributed by atoms with Crippen LogP contribution in [-0.2, 0) is 16.6 Å². The van der Waals surface area contributed by atoms with Crippen LogP contribution in [0.15, 0.2) is 24.3 Å². The first-order chi connectivity index (χ1) is 8.51. The number of phenols is 1. The molecule has 5 nitrogen and oxygen atoms in total. The molecule has 0 bridgehead atoms. The van der Waals surface area contributed by atoms with Crippen LogP contribution in [0.3, 0.4) is 0 Å². The molecular weight excluding hydrogens is 252 g/mol. The maximum Gasteiger partial charge on any atom is 0.218 e. The largest absolute Gasteiger partial charge is 0.508 e. The molecular formula is C12H18N2O3S. The van der Waals surface area contributed by atoms with Gasteiger partial charge in [-0.25, -0.2) is 8.42 Å². The maximum atomic E-state index is 12.3. The Hall–Kier alpha value is -1.11. The molecule has 1 aliphatic heterocycles. The van der Waals surface area contributed by atoms with Crippen molar-refractivity contribution in [1.29, 1.82) is 0 Å². The van der Waals surface area contributed by atoms with E-state index in [9.17, 15) is 13.5 Å². The van der Waals surface area contributed by atoms with Crippen LogP contribution >= 0.6 is 0 Å². The normalized spacial score (nSPS) is 24.6. The first kappa shape index (κ1) is 13.3. The summed E-state index contributed by atoms with van der Waals surface area (Å²) in [5.74, 6) is 0.137. The Morgan fingerprint density at radius 2 is 2.17 bits per heavy atom. The average molecular weight is 270 g/mol. The molecule has 1 aliphatic rings. The summed E-state index contributed by atoms with van der Waals surface area (Å²) in [5.41, 5.74) is 0.634. The second-order valence-electron chi connectivity index (χ2n) is 4.52. The molecule has 1 aromatic carbocycles. The lowest BCUT2D eigenvalue weighted by molar-refractivity contribution is 0.399. The highest BCUT2D eigenvalue weighted by molar-refractivity contribution is 7.89. The van der Waals surface area contributed by atoms with Gasteiger partial charge in [0.15, 0.2) is 0 Å². The molecule has 1 heterocycles. The number of rotatable bonds is 2. The lowest BCUT2D eigenvalue weighted by Gasteiger charge is -2.22. The fourth-order valence-corrected chi connectivity index (χ4v) is 3.50. The van der Waals surface area contributed by atoms with Crippen molar-refractivity contribution in [2.45, 2.75) is 18.7 Å². The molecule has 1 saturated heterocycles. The predicted octanol–water partition coefficient (Wildman–Crippen LogP) is 0.516. The quantitative estimate of drug-likeness (QED) is 0.822. The summed E-state index contributed by atoms with van der Waals surface area (Å²) in [6.07, 6.45) is 0. The van der Waals surface area contributed by atoms with Crippen LogP contribution in [0.2, 0.25) is 0 Å². The summed E-state index contributed by atoms with van der Waals surface area (Å²) in [7, 11) is -3.29. The third kappa shape index (κ3) is 2.66. The minimum absolute atomic E-state index is 0.137. The van der Waals surface area contributed by atoms with E-state index in [0.717, 1.165) is 0 Å². The van der Waals surface area contributed by atoms with Crippen molar-refractivity contribution in [3.05, 3.63) is 29.8 Å². The van der Waals surface area contributed by atoms with Crippen LogP contribution in [0.1, 0.15) is 12.5 Å². The first-order valence-electron chi connectivity index (χ1n) is 5.98. The Kier molecular flexibility index (Phi) is 3.89. The summed E-state index contributed by atoms with van der Waals surface area (Å²) in [4.78, 5) is 0. The zero-order valence-corrected chi connectivity index (χ0v) is 11.2. The molecule has 0 saturated carbocycles. The number of sulfonamides is 1. The highest BCUT2D eigenvalue weighted by Gasteiger charge is 2.31. The van der Waals surface area contributed by atoms with Crippen molar-refractivity contribution in [2.75, 3.05) is 19.6 Å². The smallest absolute Gasteiger partial charge is 0.218 e. The monoisotopic (exact) mass is 270 g/mol. The summed E-state index contributed by atoms with van der Waals surface area (Å²) >= 11 is 0. The third-order valence-electron chi connectivity index (χ3n) is 3.18. The van der Waals surface area contributed by atoms with Gasteiger partial charge in [-0.15, -0.1) is 0 Å². The summed E-state index contributed by atoms with van der Waals surface area (Å²) in [6, 6.07) is 6.83. The minimum Gasteiger partial charge on any atom is -0.508 e. The van der Waals surface area contributed by atoms with Crippen LogP contribution in [-0.4, -0.2) is 42.7 Å². The first-order valence-corrected chi connectivity index (χ1v) is 7.48. The fourth-order valence-electron chi connectivity index (χ4n) is 2.00. The van der Waals surface area contributed by atoms with Crippen LogP contribution in [0.25, 0.3) is 0 Å². The number of para-hydroxylation sites is 1. The molecule has 0 aliphatic carbocycles. The fraction of sp³-hybridized carbons (Fsp3) is 0.500.